The maximum atomic E-state index is 13.4. The Hall–Kier alpha value is -2.66. The zero-order chi connectivity index (χ0) is 17.5. The highest BCUT2D eigenvalue weighted by atomic mass is 32.2. The molecule has 3 aromatic rings. The number of rotatable bonds is 6. The number of hydrogen-bond acceptors (Lipinski definition) is 3. The van der Waals surface area contributed by atoms with Crippen LogP contribution in [0.15, 0.2) is 71.8 Å². The average molecular weight is 352 g/mol. The lowest BCUT2D eigenvalue weighted by molar-refractivity contribution is -0.118. The number of nitrogens with one attached hydrogen (secondary N) is 1. The van der Waals surface area contributed by atoms with Gasteiger partial charge in [0.2, 0.25) is 5.91 Å². The zero-order valence-electron chi connectivity index (χ0n) is 13.5. The zero-order valence-corrected chi connectivity index (χ0v) is 14.3. The largest absolute Gasteiger partial charge is 0.272 e. The molecule has 0 aliphatic heterocycles. The summed E-state index contributed by atoms with van der Waals surface area (Å²) in [7, 11) is 0. The average Bonchev–Trinajstić information content (AvgIpc) is 2.63. The summed E-state index contributed by atoms with van der Waals surface area (Å²) >= 11 is 1.51. The van der Waals surface area contributed by atoms with Crippen LogP contribution in [0, 0.1) is 5.82 Å². The first-order valence-electron chi connectivity index (χ1n) is 7.84. The van der Waals surface area contributed by atoms with E-state index in [-0.39, 0.29) is 11.7 Å². The number of halogens is 1. The molecule has 0 aliphatic carbocycles. The van der Waals surface area contributed by atoms with Crippen molar-refractivity contribution in [3.05, 3.63) is 83.7 Å². The van der Waals surface area contributed by atoms with Crippen LogP contribution in [0.3, 0.4) is 0 Å². The lowest BCUT2D eigenvalue weighted by Gasteiger charge is -2.04. The first-order chi connectivity index (χ1) is 12.2. The predicted molar refractivity (Wildman–Crippen MR) is 102 cm³/mol. The topological polar surface area (TPSA) is 41.5 Å². The van der Waals surface area contributed by atoms with Crippen molar-refractivity contribution >= 4 is 34.7 Å². The molecule has 0 spiro atoms. The summed E-state index contributed by atoms with van der Waals surface area (Å²) in [5, 5.41) is 6.19. The van der Waals surface area contributed by atoms with Crippen molar-refractivity contribution in [2.75, 3.05) is 5.75 Å². The summed E-state index contributed by atoms with van der Waals surface area (Å²) in [5.74, 6) is 0.459. The number of carbonyl (C=O) groups excluding carboxylic acids is 1. The first-order valence-corrected chi connectivity index (χ1v) is 9.00. The molecule has 3 nitrogen and oxygen atoms in total. The van der Waals surface area contributed by atoms with Crippen LogP contribution in [0.4, 0.5) is 4.39 Å². The smallest absolute Gasteiger partial charge is 0.250 e. The van der Waals surface area contributed by atoms with Crippen molar-refractivity contribution in [3.63, 3.8) is 0 Å². The molecule has 25 heavy (non-hydrogen) atoms. The van der Waals surface area contributed by atoms with Crippen LogP contribution in [-0.2, 0) is 10.5 Å². The maximum Gasteiger partial charge on any atom is 0.250 e. The quantitative estimate of drug-likeness (QED) is 0.529. The second-order valence-electron chi connectivity index (χ2n) is 5.49. The number of hydrazone groups is 1. The van der Waals surface area contributed by atoms with Crippen LogP contribution in [0.5, 0.6) is 0 Å². The number of thioether (sulfide) groups is 1. The third-order valence-electron chi connectivity index (χ3n) is 3.61. The van der Waals surface area contributed by atoms with Gasteiger partial charge in [-0.1, -0.05) is 60.7 Å². The minimum Gasteiger partial charge on any atom is -0.272 e. The molecule has 0 bridgehead atoms. The van der Waals surface area contributed by atoms with Crippen molar-refractivity contribution in [1.82, 2.24) is 5.43 Å². The molecule has 1 amide bonds. The Morgan fingerprint density at radius 1 is 1.04 bits per heavy atom. The third kappa shape index (κ3) is 4.90. The Kier molecular flexibility index (Phi) is 5.80. The number of benzene rings is 3. The van der Waals surface area contributed by atoms with E-state index in [9.17, 15) is 9.18 Å². The van der Waals surface area contributed by atoms with Crippen LogP contribution in [0.25, 0.3) is 10.8 Å². The van der Waals surface area contributed by atoms with Crippen LogP contribution < -0.4 is 5.43 Å². The SMILES string of the molecule is O=C(CSCc1ccc2ccccc2c1)N/N=C\c1ccccc1F. The molecular formula is C20H17FN2OS. The molecule has 0 fully saturated rings. The number of fused-ring (bicyclic) bond motifs is 1. The van der Waals surface area contributed by atoms with Gasteiger partial charge in [-0.15, -0.1) is 11.8 Å². The summed E-state index contributed by atoms with van der Waals surface area (Å²) in [4.78, 5) is 11.8. The van der Waals surface area contributed by atoms with Crippen molar-refractivity contribution in [2.24, 2.45) is 5.10 Å². The minimum absolute atomic E-state index is 0.210. The van der Waals surface area contributed by atoms with E-state index in [0.29, 0.717) is 11.3 Å². The number of carbonyl (C=O) groups is 1. The molecule has 0 heterocycles. The fourth-order valence-electron chi connectivity index (χ4n) is 2.38. The Balaban J connectivity index is 1.46. The summed E-state index contributed by atoms with van der Waals surface area (Å²) in [6.45, 7) is 0. The van der Waals surface area contributed by atoms with Crippen molar-refractivity contribution in [3.8, 4) is 0 Å². The highest BCUT2D eigenvalue weighted by molar-refractivity contribution is 7.99. The van der Waals surface area contributed by atoms with E-state index in [0.717, 1.165) is 5.75 Å². The van der Waals surface area contributed by atoms with Gasteiger partial charge in [-0.05, 0) is 22.4 Å². The van der Waals surface area contributed by atoms with Crippen LogP contribution in [0.1, 0.15) is 11.1 Å². The highest BCUT2D eigenvalue weighted by Crippen LogP contribution is 2.19. The molecule has 0 saturated carbocycles. The van der Waals surface area contributed by atoms with Gasteiger partial charge >= 0.3 is 0 Å². The van der Waals surface area contributed by atoms with Gasteiger partial charge < -0.3 is 0 Å². The van der Waals surface area contributed by atoms with Gasteiger partial charge in [0.25, 0.3) is 0 Å². The first kappa shape index (κ1) is 17.2. The molecule has 0 atom stereocenters. The monoisotopic (exact) mass is 352 g/mol. The number of amides is 1. The van der Waals surface area contributed by atoms with Crippen molar-refractivity contribution < 1.29 is 9.18 Å². The van der Waals surface area contributed by atoms with Gasteiger partial charge in [0, 0.05) is 11.3 Å². The normalized spacial score (nSPS) is 11.1. The van der Waals surface area contributed by atoms with Crippen molar-refractivity contribution in [2.45, 2.75) is 5.75 Å². The predicted octanol–water partition coefficient (Wildman–Crippen LogP) is 4.36. The van der Waals surface area contributed by atoms with E-state index in [1.165, 1.54) is 40.4 Å². The summed E-state index contributed by atoms with van der Waals surface area (Å²) < 4.78 is 13.4. The fourth-order valence-corrected chi connectivity index (χ4v) is 3.14. The van der Waals surface area contributed by atoms with E-state index >= 15 is 0 Å². The van der Waals surface area contributed by atoms with E-state index < -0.39 is 0 Å². The van der Waals surface area contributed by atoms with Crippen molar-refractivity contribution in [1.29, 1.82) is 0 Å². The summed E-state index contributed by atoms with van der Waals surface area (Å²) in [6.07, 6.45) is 1.31. The van der Waals surface area contributed by atoms with Gasteiger partial charge in [-0.25, -0.2) is 9.82 Å². The lowest BCUT2D eigenvalue weighted by Crippen LogP contribution is -2.19. The van der Waals surface area contributed by atoms with E-state index in [1.54, 1.807) is 18.2 Å². The minimum atomic E-state index is -0.369. The Morgan fingerprint density at radius 2 is 1.80 bits per heavy atom. The standard InChI is InChI=1S/C20H17FN2OS/c21-19-8-4-3-7-18(19)12-22-23-20(24)14-25-13-15-9-10-16-5-1-2-6-17(16)11-15/h1-12H,13-14H2,(H,23,24)/b22-12-. The Bertz CT molecular complexity index is 911. The van der Waals surface area contributed by atoms with Crippen LogP contribution in [-0.4, -0.2) is 17.9 Å². The molecule has 0 aromatic heterocycles. The molecule has 5 heteroatoms. The lowest BCUT2D eigenvalue weighted by atomic mass is 10.1. The van der Waals surface area contributed by atoms with Gasteiger partial charge in [0.15, 0.2) is 0 Å². The Morgan fingerprint density at radius 3 is 2.64 bits per heavy atom. The summed E-state index contributed by atoms with van der Waals surface area (Å²) in [6, 6.07) is 20.7. The van der Waals surface area contributed by atoms with Gasteiger partial charge in [-0.2, -0.15) is 5.10 Å². The van der Waals surface area contributed by atoms with Crippen LogP contribution in [0.2, 0.25) is 0 Å². The molecule has 0 radical (unpaired) electrons. The van der Waals surface area contributed by atoms with E-state index in [2.05, 4.69) is 40.9 Å². The van der Waals surface area contributed by atoms with Gasteiger partial charge in [-0.3, -0.25) is 4.79 Å². The Labute approximate surface area is 149 Å². The fraction of sp³-hybridized carbons (Fsp3) is 0.100. The molecular weight excluding hydrogens is 335 g/mol. The molecule has 126 valence electrons. The number of nitrogens with zero attached hydrogens (tertiary/aromatic N) is 1. The molecule has 0 aliphatic rings. The van der Waals surface area contributed by atoms with Crippen LogP contribution >= 0.6 is 11.8 Å². The summed E-state index contributed by atoms with van der Waals surface area (Å²) in [5.41, 5.74) is 3.93. The van der Waals surface area contributed by atoms with E-state index in [1.807, 2.05) is 12.1 Å². The maximum absolute atomic E-state index is 13.4. The second kappa shape index (κ2) is 8.44. The molecule has 1 N–H and O–H groups in total. The molecule has 3 aromatic carbocycles. The molecule has 3 rings (SSSR count). The highest BCUT2D eigenvalue weighted by Gasteiger charge is 2.02. The third-order valence-corrected chi connectivity index (χ3v) is 4.62. The second-order valence-corrected chi connectivity index (χ2v) is 6.47. The number of hydrogen-bond donors (Lipinski definition) is 1. The van der Waals surface area contributed by atoms with Gasteiger partial charge in [0.05, 0.1) is 12.0 Å². The molecule has 0 saturated heterocycles. The van der Waals surface area contributed by atoms with Gasteiger partial charge in [0.1, 0.15) is 5.82 Å². The van der Waals surface area contributed by atoms with E-state index in [4.69, 9.17) is 0 Å². The molecule has 0 unspecified atom stereocenters.